The molecule has 1 aromatic rings. The minimum atomic E-state index is 0.483. The zero-order valence-electron chi connectivity index (χ0n) is 9.11. The monoisotopic (exact) mass is 210 g/mol. The Morgan fingerprint density at radius 3 is 2.93 bits per heavy atom. The molecule has 84 valence electrons. The molecule has 0 saturated heterocycles. The maximum absolute atomic E-state index is 5.65. The van der Waals surface area contributed by atoms with Crippen LogP contribution in [0.15, 0.2) is 18.3 Å². The number of hydrogen-bond donors (Lipinski definition) is 1. The molecule has 0 fully saturated rings. The third-order valence-corrected chi connectivity index (χ3v) is 1.91. The van der Waals surface area contributed by atoms with E-state index in [2.05, 4.69) is 11.9 Å². The number of nitrogen functional groups attached to an aromatic ring is 1. The predicted octanol–water partition coefficient (Wildman–Crippen LogP) is 1.86. The van der Waals surface area contributed by atoms with E-state index in [-0.39, 0.29) is 0 Å². The summed E-state index contributed by atoms with van der Waals surface area (Å²) in [6.45, 7) is 3.99. The first-order valence-corrected chi connectivity index (χ1v) is 5.25. The number of nitrogens with zero attached hydrogens (tertiary/aromatic N) is 1. The van der Waals surface area contributed by atoms with Crippen LogP contribution in [-0.4, -0.2) is 24.8 Å². The topological polar surface area (TPSA) is 57.4 Å². The normalized spacial score (nSPS) is 10.2. The van der Waals surface area contributed by atoms with Crippen LogP contribution in [0.2, 0.25) is 0 Å². The first kappa shape index (κ1) is 11.8. The SMILES string of the molecule is CCCCOCCOc1ncccc1N. The lowest BCUT2D eigenvalue weighted by Crippen LogP contribution is -2.09. The van der Waals surface area contributed by atoms with Crippen molar-refractivity contribution in [1.82, 2.24) is 4.98 Å². The van der Waals surface area contributed by atoms with Gasteiger partial charge in [-0.05, 0) is 18.6 Å². The Hall–Kier alpha value is -1.29. The molecule has 0 aromatic carbocycles. The van der Waals surface area contributed by atoms with Crippen molar-refractivity contribution in [1.29, 1.82) is 0 Å². The first-order valence-electron chi connectivity index (χ1n) is 5.25. The Labute approximate surface area is 90.4 Å². The minimum Gasteiger partial charge on any atom is -0.474 e. The molecule has 0 unspecified atom stereocenters. The van der Waals surface area contributed by atoms with Crippen LogP contribution in [0.3, 0.4) is 0 Å². The van der Waals surface area contributed by atoms with E-state index < -0.39 is 0 Å². The fraction of sp³-hybridized carbons (Fsp3) is 0.545. The van der Waals surface area contributed by atoms with Crippen LogP contribution in [0, 0.1) is 0 Å². The highest BCUT2D eigenvalue weighted by atomic mass is 16.5. The number of unbranched alkanes of at least 4 members (excludes halogenated alkanes) is 1. The van der Waals surface area contributed by atoms with Gasteiger partial charge in [0.1, 0.15) is 6.61 Å². The highest BCUT2D eigenvalue weighted by Crippen LogP contribution is 2.15. The summed E-state index contributed by atoms with van der Waals surface area (Å²) in [7, 11) is 0. The summed E-state index contributed by atoms with van der Waals surface area (Å²) in [5, 5.41) is 0. The van der Waals surface area contributed by atoms with E-state index in [4.69, 9.17) is 15.2 Å². The standard InChI is InChI=1S/C11H18N2O2/c1-2-3-7-14-8-9-15-11-10(12)5-4-6-13-11/h4-6H,2-3,7-9,12H2,1H3. The number of nitrogens with two attached hydrogens (primary N) is 1. The lowest BCUT2D eigenvalue weighted by molar-refractivity contribution is 0.0968. The molecular formula is C11H18N2O2. The molecule has 0 saturated carbocycles. The largest absolute Gasteiger partial charge is 0.474 e. The van der Waals surface area contributed by atoms with Crippen LogP contribution in [0.25, 0.3) is 0 Å². The summed E-state index contributed by atoms with van der Waals surface area (Å²) in [5.74, 6) is 0.483. The van der Waals surface area contributed by atoms with Gasteiger partial charge in [-0.3, -0.25) is 0 Å². The second-order valence-electron chi connectivity index (χ2n) is 3.21. The Morgan fingerprint density at radius 2 is 2.20 bits per heavy atom. The van der Waals surface area contributed by atoms with Crippen LogP contribution in [0.4, 0.5) is 5.69 Å². The third-order valence-electron chi connectivity index (χ3n) is 1.91. The van der Waals surface area contributed by atoms with Gasteiger partial charge in [0, 0.05) is 12.8 Å². The molecule has 4 nitrogen and oxygen atoms in total. The van der Waals surface area contributed by atoms with Gasteiger partial charge >= 0.3 is 0 Å². The van der Waals surface area contributed by atoms with Crippen LogP contribution < -0.4 is 10.5 Å². The average molecular weight is 210 g/mol. The molecule has 0 aliphatic rings. The number of ether oxygens (including phenoxy) is 2. The quantitative estimate of drug-likeness (QED) is 0.698. The molecule has 1 heterocycles. The molecule has 0 bridgehead atoms. The third kappa shape index (κ3) is 4.65. The van der Waals surface area contributed by atoms with Crippen LogP contribution in [-0.2, 0) is 4.74 Å². The molecule has 0 aliphatic carbocycles. The molecule has 15 heavy (non-hydrogen) atoms. The number of hydrogen-bond acceptors (Lipinski definition) is 4. The van der Waals surface area contributed by atoms with E-state index in [1.165, 1.54) is 0 Å². The van der Waals surface area contributed by atoms with Crippen LogP contribution in [0.5, 0.6) is 5.88 Å². The van der Waals surface area contributed by atoms with Crippen molar-refractivity contribution in [2.75, 3.05) is 25.6 Å². The fourth-order valence-corrected chi connectivity index (χ4v) is 1.07. The Kier molecular flexibility index (Phi) is 5.55. The van der Waals surface area contributed by atoms with Crippen molar-refractivity contribution < 1.29 is 9.47 Å². The molecule has 2 N–H and O–H groups in total. The van der Waals surface area contributed by atoms with Gasteiger partial charge in [0.15, 0.2) is 0 Å². The molecule has 1 rings (SSSR count). The number of aromatic nitrogens is 1. The van der Waals surface area contributed by atoms with Crippen molar-refractivity contribution in [3.63, 3.8) is 0 Å². The van der Waals surface area contributed by atoms with E-state index in [1.54, 1.807) is 18.3 Å². The highest BCUT2D eigenvalue weighted by molar-refractivity contribution is 5.46. The van der Waals surface area contributed by atoms with Crippen molar-refractivity contribution >= 4 is 5.69 Å². The first-order chi connectivity index (χ1) is 7.34. The van der Waals surface area contributed by atoms with Gasteiger partial charge < -0.3 is 15.2 Å². The number of rotatable bonds is 7. The zero-order valence-corrected chi connectivity index (χ0v) is 9.11. The summed E-state index contributed by atoms with van der Waals surface area (Å²) in [5.41, 5.74) is 6.22. The maximum Gasteiger partial charge on any atom is 0.237 e. The summed E-state index contributed by atoms with van der Waals surface area (Å²) in [4.78, 5) is 4.01. The predicted molar refractivity (Wildman–Crippen MR) is 59.9 cm³/mol. The zero-order chi connectivity index (χ0) is 10.9. The Bertz CT molecular complexity index is 279. The summed E-state index contributed by atoms with van der Waals surface area (Å²) in [6, 6.07) is 3.54. The van der Waals surface area contributed by atoms with Crippen LogP contribution >= 0.6 is 0 Å². The Morgan fingerprint density at radius 1 is 1.33 bits per heavy atom. The smallest absolute Gasteiger partial charge is 0.237 e. The molecular weight excluding hydrogens is 192 g/mol. The van der Waals surface area contributed by atoms with Crippen LogP contribution in [0.1, 0.15) is 19.8 Å². The van der Waals surface area contributed by atoms with E-state index in [0.717, 1.165) is 19.4 Å². The molecule has 4 heteroatoms. The molecule has 1 aromatic heterocycles. The minimum absolute atomic E-state index is 0.483. The summed E-state index contributed by atoms with van der Waals surface area (Å²) < 4.78 is 10.7. The van der Waals surface area contributed by atoms with E-state index in [0.29, 0.717) is 24.8 Å². The van der Waals surface area contributed by atoms with Gasteiger partial charge in [0.05, 0.1) is 12.3 Å². The van der Waals surface area contributed by atoms with Gasteiger partial charge in [-0.25, -0.2) is 4.98 Å². The van der Waals surface area contributed by atoms with Crippen molar-refractivity contribution in [2.24, 2.45) is 0 Å². The number of anilines is 1. The van der Waals surface area contributed by atoms with E-state index in [9.17, 15) is 0 Å². The summed E-state index contributed by atoms with van der Waals surface area (Å²) >= 11 is 0. The summed E-state index contributed by atoms with van der Waals surface area (Å²) in [6.07, 6.45) is 3.89. The van der Waals surface area contributed by atoms with Crippen molar-refractivity contribution in [2.45, 2.75) is 19.8 Å². The highest BCUT2D eigenvalue weighted by Gasteiger charge is 1.99. The molecule has 0 atom stereocenters. The van der Waals surface area contributed by atoms with Gasteiger partial charge in [-0.2, -0.15) is 0 Å². The Balaban J connectivity index is 2.12. The van der Waals surface area contributed by atoms with Gasteiger partial charge in [0.25, 0.3) is 0 Å². The maximum atomic E-state index is 5.65. The van der Waals surface area contributed by atoms with Gasteiger partial charge in [-0.15, -0.1) is 0 Å². The number of pyridine rings is 1. The molecule has 0 amide bonds. The molecule has 0 aliphatic heterocycles. The van der Waals surface area contributed by atoms with Gasteiger partial charge in [0.2, 0.25) is 5.88 Å². The van der Waals surface area contributed by atoms with E-state index >= 15 is 0 Å². The molecule has 0 spiro atoms. The average Bonchev–Trinajstić information content (AvgIpc) is 2.25. The second kappa shape index (κ2) is 7.06. The fourth-order valence-electron chi connectivity index (χ4n) is 1.07. The van der Waals surface area contributed by atoms with Crippen molar-refractivity contribution in [3.8, 4) is 5.88 Å². The van der Waals surface area contributed by atoms with Gasteiger partial charge in [-0.1, -0.05) is 13.3 Å². The van der Waals surface area contributed by atoms with E-state index in [1.807, 2.05) is 0 Å². The second-order valence-corrected chi connectivity index (χ2v) is 3.21. The lowest BCUT2D eigenvalue weighted by atomic mass is 10.4. The lowest BCUT2D eigenvalue weighted by Gasteiger charge is -2.07. The van der Waals surface area contributed by atoms with Crippen molar-refractivity contribution in [3.05, 3.63) is 18.3 Å². The molecule has 0 radical (unpaired) electrons.